The Morgan fingerprint density at radius 1 is 1.32 bits per heavy atom. The van der Waals surface area contributed by atoms with Crippen molar-refractivity contribution in [2.75, 3.05) is 34.3 Å². The van der Waals surface area contributed by atoms with Gasteiger partial charge in [0.1, 0.15) is 11.6 Å². The lowest BCUT2D eigenvalue weighted by atomic mass is 9.57. The van der Waals surface area contributed by atoms with Crippen LogP contribution in [-0.2, 0) is 4.74 Å². The van der Waals surface area contributed by atoms with Crippen LogP contribution in [-0.4, -0.2) is 57.3 Å². The Balaban J connectivity index is 0.00000280. The molecule has 0 radical (unpaired) electrons. The summed E-state index contributed by atoms with van der Waals surface area (Å²) in [4.78, 5) is 6.11. The van der Waals surface area contributed by atoms with Crippen molar-refractivity contribution in [3.8, 4) is 0 Å². The molecule has 0 bridgehead atoms. The molecule has 3 rings (SSSR count). The van der Waals surface area contributed by atoms with Crippen molar-refractivity contribution in [2.24, 2.45) is 16.3 Å². The molecule has 1 saturated carbocycles. The Kier molecular flexibility index (Phi) is 7.66. The number of aliphatic imine (C=N–C) groups is 1. The average molecular weight is 508 g/mol. The molecule has 0 amide bonds. The zero-order chi connectivity index (χ0) is 19.8. The summed E-state index contributed by atoms with van der Waals surface area (Å²) in [5, 5.41) is 6.74. The van der Waals surface area contributed by atoms with Gasteiger partial charge in [0.05, 0.1) is 12.1 Å². The first-order chi connectivity index (χ1) is 12.8. The molecule has 1 aliphatic carbocycles. The summed E-state index contributed by atoms with van der Waals surface area (Å²) in [7, 11) is 5.33. The van der Waals surface area contributed by atoms with Gasteiger partial charge >= 0.3 is 0 Å². The summed E-state index contributed by atoms with van der Waals surface area (Å²) in [6, 6.07) is 3.77. The summed E-state index contributed by atoms with van der Waals surface area (Å²) in [6.45, 7) is 5.53. The number of nitrogens with one attached hydrogen (secondary N) is 2. The second kappa shape index (κ2) is 9.21. The quantitative estimate of drug-likeness (QED) is 0.365. The standard InChI is InChI=1S/C20H30F2N4O.HI/c1-20(2)17(12-9-10-27-18(12)20)25-19(23-3)24-11-15(26(4)5)16-13(21)7-6-8-14(16)22;/h6-8,12,15,17-18H,9-11H2,1-5H3,(H2,23,24,25);1H. The number of benzene rings is 1. The monoisotopic (exact) mass is 508 g/mol. The van der Waals surface area contributed by atoms with E-state index in [4.69, 9.17) is 4.74 Å². The Bertz CT molecular complexity index is 693. The minimum Gasteiger partial charge on any atom is -0.377 e. The van der Waals surface area contributed by atoms with Crippen LogP contribution in [0.25, 0.3) is 0 Å². The van der Waals surface area contributed by atoms with Gasteiger partial charge in [-0.05, 0) is 32.6 Å². The number of ether oxygens (including phenoxy) is 1. The zero-order valence-electron chi connectivity index (χ0n) is 17.1. The van der Waals surface area contributed by atoms with E-state index in [1.165, 1.54) is 18.2 Å². The van der Waals surface area contributed by atoms with Gasteiger partial charge in [-0.1, -0.05) is 19.9 Å². The molecule has 1 heterocycles. The number of nitrogens with zero attached hydrogens (tertiary/aromatic N) is 2. The van der Waals surface area contributed by atoms with Crippen molar-refractivity contribution < 1.29 is 13.5 Å². The summed E-state index contributed by atoms with van der Waals surface area (Å²) < 4.78 is 34.3. The van der Waals surface area contributed by atoms with Crippen molar-refractivity contribution in [1.82, 2.24) is 15.5 Å². The van der Waals surface area contributed by atoms with E-state index in [0.29, 0.717) is 18.4 Å². The molecule has 1 aromatic rings. The molecular weight excluding hydrogens is 477 g/mol. The number of likely N-dealkylation sites (N-methyl/N-ethyl adjacent to an activating group) is 1. The molecule has 8 heteroatoms. The highest BCUT2D eigenvalue weighted by atomic mass is 127. The SMILES string of the molecule is CN=C(NCC(c1c(F)cccc1F)N(C)C)NC1C2CCOC2C1(C)C.I. The minimum absolute atomic E-state index is 0. The van der Waals surface area contributed by atoms with Crippen LogP contribution in [0.5, 0.6) is 0 Å². The molecule has 2 N–H and O–H groups in total. The lowest BCUT2D eigenvalue weighted by Crippen LogP contribution is -2.68. The third-order valence-electron chi connectivity index (χ3n) is 6.04. The van der Waals surface area contributed by atoms with Gasteiger partial charge in [0.2, 0.25) is 0 Å². The molecule has 1 aliphatic heterocycles. The fraction of sp³-hybridized carbons (Fsp3) is 0.650. The highest BCUT2D eigenvalue weighted by molar-refractivity contribution is 14.0. The van der Waals surface area contributed by atoms with Crippen LogP contribution >= 0.6 is 24.0 Å². The fourth-order valence-corrected chi connectivity index (χ4v) is 4.52. The Labute approximate surface area is 183 Å². The fourth-order valence-electron chi connectivity index (χ4n) is 4.52. The Morgan fingerprint density at radius 2 is 1.96 bits per heavy atom. The number of hydrogen-bond donors (Lipinski definition) is 2. The van der Waals surface area contributed by atoms with Crippen molar-refractivity contribution in [3.63, 3.8) is 0 Å². The van der Waals surface area contributed by atoms with E-state index < -0.39 is 17.7 Å². The van der Waals surface area contributed by atoms with Crippen molar-refractivity contribution >= 4 is 29.9 Å². The Hall–Kier alpha value is -1.00. The predicted octanol–water partition coefficient (Wildman–Crippen LogP) is 3.16. The molecule has 4 unspecified atom stereocenters. The van der Waals surface area contributed by atoms with Crippen LogP contribution in [0.3, 0.4) is 0 Å². The van der Waals surface area contributed by atoms with Gasteiger partial charge in [0.15, 0.2) is 5.96 Å². The predicted molar refractivity (Wildman–Crippen MR) is 118 cm³/mol. The number of guanidine groups is 1. The van der Waals surface area contributed by atoms with Crippen molar-refractivity contribution in [2.45, 2.75) is 38.5 Å². The van der Waals surface area contributed by atoms with Crippen LogP contribution < -0.4 is 10.6 Å². The van der Waals surface area contributed by atoms with Gasteiger partial charge in [0.25, 0.3) is 0 Å². The molecule has 28 heavy (non-hydrogen) atoms. The maximum atomic E-state index is 14.2. The van der Waals surface area contributed by atoms with Gasteiger partial charge in [0, 0.05) is 43.1 Å². The third-order valence-corrected chi connectivity index (χ3v) is 6.04. The number of rotatable bonds is 5. The maximum Gasteiger partial charge on any atom is 0.191 e. The second-order valence-corrected chi connectivity index (χ2v) is 8.26. The average Bonchev–Trinajstić information content (AvgIpc) is 3.06. The van der Waals surface area contributed by atoms with Crippen LogP contribution in [0.15, 0.2) is 23.2 Å². The van der Waals surface area contributed by atoms with E-state index >= 15 is 0 Å². The zero-order valence-corrected chi connectivity index (χ0v) is 19.5. The topological polar surface area (TPSA) is 48.9 Å². The van der Waals surface area contributed by atoms with Crippen molar-refractivity contribution in [3.05, 3.63) is 35.4 Å². The molecular formula is C20H31F2IN4O. The molecule has 0 spiro atoms. The summed E-state index contributed by atoms with van der Waals surface area (Å²) >= 11 is 0. The van der Waals surface area contributed by atoms with Crippen molar-refractivity contribution in [1.29, 1.82) is 0 Å². The van der Waals surface area contributed by atoms with Gasteiger partial charge in [-0.3, -0.25) is 4.99 Å². The molecule has 5 nitrogen and oxygen atoms in total. The first-order valence-electron chi connectivity index (χ1n) is 9.46. The lowest BCUT2D eigenvalue weighted by Gasteiger charge is -2.55. The maximum absolute atomic E-state index is 14.2. The molecule has 0 aromatic heterocycles. The van der Waals surface area contributed by atoms with Crippen LogP contribution in [0.4, 0.5) is 8.78 Å². The van der Waals surface area contributed by atoms with E-state index in [0.717, 1.165) is 13.0 Å². The van der Waals surface area contributed by atoms with Gasteiger partial charge in [-0.2, -0.15) is 0 Å². The summed E-state index contributed by atoms with van der Waals surface area (Å²) in [5.74, 6) is 0.0447. The van der Waals surface area contributed by atoms with Gasteiger partial charge in [-0.15, -0.1) is 24.0 Å². The molecule has 1 aromatic carbocycles. The van der Waals surface area contributed by atoms with Crippen LogP contribution in [0.2, 0.25) is 0 Å². The van der Waals surface area contributed by atoms with Gasteiger partial charge in [-0.25, -0.2) is 8.78 Å². The third kappa shape index (κ3) is 4.28. The van der Waals surface area contributed by atoms with E-state index in [1.54, 1.807) is 11.9 Å². The molecule has 4 atom stereocenters. The number of fused-ring (bicyclic) bond motifs is 1. The first kappa shape index (κ1) is 23.3. The van der Waals surface area contributed by atoms with Crippen LogP contribution in [0.1, 0.15) is 31.9 Å². The van der Waals surface area contributed by atoms with Crippen LogP contribution in [0, 0.1) is 23.0 Å². The van der Waals surface area contributed by atoms with E-state index in [-0.39, 0.29) is 47.1 Å². The second-order valence-electron chi connectivity index (χ2n) is 8.26. The van der Waals surface area contributed by atoms with E-state index in [1.807, 2.05) is 14.1 Å². The normalized spacial score (nSPS) is 26.9. The first-order valence-corrected chi connectivity index (χ1v) is 9.46. The molecule has 1 saturated heterocycles. The smallest absolute Gasteiger partial charge is 0.191 e. The number of hydrogen-bond acceptors (Lipinski definition) is 3. The highest BCUT2D eigenvalue weighted by Gasteiger charge is 2.59. The van der Waals surface area contributed by atoms with E-state index in [2.05, 4.69) is 29.5 Å². The lowest BCUT2D eigenvalue weighted by molar-refractivity contribution is -0.106. The molecule has 2 aliphatic rings. The largest absolute Gasteiger partial charge is 0.377 e. The molecule has 158 valence electrons. The van der Waals surface area contributed by atoms with E-state index in [9.17, 15) is 8.78 Å². The molecule has 2 fully saturated rings. The highest BCUT2D eigenvalue weighted by Crippen LogP contribution is 2.52. The number of halogens is 3. The summed E-state index contributed by atoms with van der Waals surface area (Å²) in [5.41, 5.74) is 0.0934. The summed E-state index contributed by atoms with van der Waals surface area (Å²) in [6.07, 6.45) is 1.33. The minimum atomic E-state index is -0.537. The van der Waals surface area contributed by atoms with Gasteiger partial charge < -0.3 is 20.3 Å². The Morgan fingerprint density at radius 3 is 2.54 bits per heavy atom.